The van der Waals surface area contributed by atoms with Crippen molar-refractivity contribution in [2.24, 2.45) is 5.92 Å². The summed E-state index contributed by atoms with van der Waals surface area (Å²) in [6.07, 6.45) is -1.69. The number of nitrogens with zero attached hydrogens (tertiary/aromatic N) is 1. The number of rotatable bonds is 10. The second-order valence-corrected chi connectivity index (χ2v) is 7.76. The molecule has 0 aliphatic rings. The number of carbonyl (C=O) groups excluding carboxylic acids is 1. The van der Waals surface area contributed by atoms with Gasteiger partial charge in [-0.1, -0.05) is 68.4 Å². The van der Waals surface area contributed by atoms with Gasteiger partial charge in [-0.15, -0.1) is 0 Å². The summed E-state index contributed by atoms with van der Waals surface area (Å²) in [6, 6.07) is 15.2. The minimum Gasteiger partial charge on any atom is -0.480 e. The van der Waals surface area contributed by atoms with Crippen LogP contribution in [0.5, 0.6) is 0 Å². The molecule has 0 unspecified atom stereocenters. The number of aliphatic carboxylic acids is 2. The molecule has 0 saturated heterocycles. The fourth-order valence-electron chi connectivity index (χ4n) is 3.11. The lowest BCUT2D eigenvalue weighted by Crippen LogP contribution is -2.52. The predicted octanol–water partition coefficient (Wildman–Crippen LogP) is 2.46. The Balaban J connectivity index is 2.09. The Kier molecular flexibility index (Phi) is 8.57. The van der Waals surface area contributed by atoms with E-state index in [4.69, 9.17) is 5.11 Å². The number of benzene rings is 2. The first kappa shape index (κ1) is 23.9. The standard InChI is InChI=1S/C23H28N2O6/c1-15(2)13-25(14-20(26)22(29)30)23(31)24-19(21(27)28)12-16-8-10-18(11-9-16)17-6-4-3-5-7-17/h3-11,15,19-20,26H,12-14H2,1-2H3,(H,24,31)(H,27,28)(H,29,30)/t19-,20-/m0/s1. The summed E-state index contributed by atoms with van der Waals surface area (Å²) in [5, 5.41) is 30.6. The summed E-state index contributed by atoms with van der Waals surface area (Å²) in [7, 11) is 0. The van der Waals surface area contributed by atoms with E-state index < -0.39 is 36.7 Å². The van der Waals surface area contributed by atoms with Gasteiger partial charge in [-0.2, -0.15) is 0 Å². The lowest BCUT2D eigenvalue weighted by atomic mass is 10.0. The van der Waals surface area contributed by atoms with Gasteiger partial charge in [0.15, 0.2) is 6.10 Å². The highest BCUT2D eigenvalue weighted by atomic mass is 16.4. The topological polar surface area (TPSA) is 127 Å². The van der Waals surface area contributed by atoms with E-state index in [1.54, 1.807) is 0 Å². The Bertz CT molecular complexity index is 883. The molecule has 0 saturated carbocycles. The Morgan fingerprint density at radius 2 is 1.45 bits per heavy atom. The van der Waals surface area contributed by atoms with Crippen LogP contribution >= 0.6 is 0 Å². The number of carbonyl (C=O) groups is 3. The SMILES string of the molecule is CC(C)CN(C[C@H](O)C(=O)O)C(=O)N[C@@H](Cc1ccc(-c2ccccc2)cc1)C(=O)O. The molecule has 0 radical (unpaired) electrons. The van der Waals surface area contributed by atoms with E-state index in [2.05, 4.69) is 5.32 Å². The van der Waals surface area contributed by atoms with Gasteiger partial charge in [-0.05, 0) is 22.6 Å². The molecule has 0 fully saturated rings. The van der Waals surface area contributed by atoms with E-state index in [-0.39, 0.29) is 18.9 Å². The zero-order valence-corrected chi connectivity index (χ0v) is 17.6. The van der Waals surface area contributed by atoms with Crippen LogP contribution in [0.4, 0.5) is 4.79 Å². The maximum absolute atomic E-state index is 12.6. The number of carboxylic acid groups (broad SMARTS) is 2. The molecular weight excluding hydrogens is 400 g/mol. The van der Waals surface area contributed by atoms with Gasteiger partial charge < -0.3 is 25.5 Å². The average molecular weight is 428 g/mol. The highest BCUT2D eigenvalue weighted by Gasteiger charge is 2.27. The zero-order chi connectivity index (χ0) is 23.0. The average Bonchev–Trinajstić information content (AvgIpc) is 2.73. The number of amides is 2. The maximum Gasteiger partial charge on any atom is 0.334 e. The fraction of sp³-hybridized carbons (Fsp3) is 0.348. The van der Waals surface area contributed by atoms with E-state index in [0.717, 1.165) is 21.6 Å². The first-order chi connectivity index (χ1) is 14.7. The van der Waals surface area contributed by atoms with Gasteiger partial charge in [0.1, 0.15) is 6.04 Å². The zero-order valence-electron chi connectivity index (χ0n) is 17.6. The van der Waals surface area contributed by atoms with Crippen LogP contribution in [0.3, 0.4) is 0 Å². The third-order valence-electron chi connectivity index (χ3n) is 4.65. The van der Waals surface area contributed by atoms with Crippen LogP contribution in [0.2, 0.25) is 0 Å². The number of aliphatic hydroxyl groups is 1. The first-order valence-corrected chi connectivity index (χ1v) is 10.0. The van der Waals surface area contributed by atoms with Gasteiger partial charge in [0, 0.05) is 13.0 Å². The van der Waals surface area contributed by atoms with Crippen LogP contribution in [0.15, 0.2) is 54.6 Å². The molecule has 0 heterocycles. The summed E-state index contributed by atoms with van der Waals surface area (Å²) < 4.78 is 0. The Morgan fingerprint density at radius 1 is 0.871 bits per heavy atom. The molecular formula is C23H28N2O6. The molecule has 8 heteroatoms. The summed E-state index contributed by atoms with van der Waals surface area (Å²) in [6.45, 7) is 3.40. The number of carboxylic acids is 2. The Morgan fingerprint density at radius 3 is 1.97 bits per heavy atom. The highest BCUT2D eigenvalue weighted by Crippen LogP contribution is 2.19. The summed E-state index contributed by atoms with van der Waals surface area (Å²) in [5.41, 5.74) is 2.76. The van der Waals surface area contributed by atoms with E-state index in [9.17, 15) is 24.6 Å². The molecule has 2 aromatic rings. The maximum atomic E-state index is 12.6. The van der Waals surface area contributed by atoms with Crippen molar-refractivity contribution in [2.45, 2.75) is 32.4 Å². The largest absolute Gasteiger partial charge is 0.480 e. The van der Waals surface area contributed by atoms with Crippen molar-refractivity contribution in [3.8, 4) is 11.1 Å². The van der Waals surface area contributed by atoms with E-state index in [0.29, 0.717) is 0 Å². The normalized spacial score (nSPS) is 12.8. The van der Waals surface area contributed by atoms with Crippen LogP contribution in [0.25, 0.3) is 11.1 Å². The van der Waals surface area contributed by atoms with Gasteiger partial charge in [0.25, 0.3) is 0 Å². The molecule has 2 aromatic carbocycles. The molecule has 2 amide bonds. The second-order valence-electron chi connectivity index (χ2n) is 7.76. The molecule has 2 atom stereocenters. The Hall–Kier alpha value is -3.39. The fourth-order valence-corrected chi connectivity index (χ4v) is 3.11. The monoisotopic (exact) mass is 428 g/mol. The molecule has 0 spiro atoms. The van der Waals surface area contributed by atoms with Crippen LogP contribution in [-0.4, -0.2) is 63.4 Å². The lowest BCUT2D eigenvalue weighted by molar-refractivity contribution is -0.147. The van der Waals surface area contributed by atoms with Gasteiger partial charge in [0.2, 0.25) is 0 Å². The number of aliphatic hydroxyl groups excluding tert-OH is 1. The van der Waals surface area contributed by atoms with Crippen molar-refractivity contribution in [3.63, 3.8) is 0 Å². The predicted molar refractivity (Wildman–Crippen MR) is 116 cm³/mol. The molecule has 0 aromatic heterocycles. The van der Waals surface area contributed by atoms with Gasteiger partial charge >= 0.3 is 18.0 Å². The molecule has 0 bridgehead atoms. The molecule has 4 N–H and O–H groups in total. The van der Waals surface area contributed by atoms with E-state index in [1.807, 2.05) is 68.4 Å². The van der Waals surface area contributed by atoms with E-state index >= 15 is 0 Å². The number of hydrogen-bond donors (Lipinski definition) is 4. The van der Waals surface area contributed by atoms with Crippen molar-refractivity contribution in [1.82, 2.24) is 10.2 Å². The summed E-state index contributed by atoms with van der Waals surface area (Å²) in [4.78, 5) is 36.4. The van der Waals surface area contributed by atoms with Crippen molar-refractivity contribution in [1.29, 1.82) is 0 Å². The van der Waals surface area contributed by atoms with Crippen molar-refractivity contribution >= 4 is 18.0 Å². The summed E-state index contributed by atoms with van der Waals surface area (Å²) >= 11 is 0. The number of urea groups is 1. The third-order valence-corrected chi connectivity index (χ3v) is 4.65. The Labute approximate surface area is 181 Å². The molecule has 2 rings (SSSR count). The molecule has 0 aliphatic carbocycles. The van der Waals surface area contributed by atoms with Crippen LogP contribution in [0, 0.1) is 5.92 Å². The van der Waals surface area contributed by atoms with E-state index in [1.165, 1.54) is 0 Å². The lowest BCUT2D eigenvalue weighted by Gasteiger charge is -2.27. The first-order valence-electron chi connectivity index (χ1n) is 10.0. The van der Waals surface area contributed by atoms with Crippen molar-refractivity contribution in [3.05, 3.63) is 60.2 Å². The second kappa shape index (κ2) is 11.1. The minimum absolute atomic E-state index is 0.000513. The third kappa shape index (κ3) is 7.42. The molecule has 166 valence electrons. The van der Waals surface area contributed by atoms with Crippen molar-refractivity contribution < 1.29 is 29.7 Å². The molecule has 31 heavy (non-hydrogen) atoms. The van der Waals surface area contributed by atoms with Crippen molar-refractivity contribution in [2.75, 3.05) is 13.1 Å². The number of nitrogens with one attached hydrogen (secondary N) is 1. The van der Waals surface area contributed by atoms with Gasteiger partial charge in [0.05, 0.1) is 6.54 Å². The molecule has 8 nitrogen and oxygen atoms in total. The van der Waals surface area contributed by atoms with Crippen LogP contribution in [0.1, 0.15) is 19.4 Å². The van der Waals surface area contributed by atoms with Crippen LogP contribution in [-0.2, 0) is 16.0 Å². The van der Waals surface area contributed by atoms with Crippen LogP contribution < -0.4 is 5.32 Å². The summed E-state index contributed by atoms with van der Waals surface area (Å²) in [5.74, 6) is -2.65. The van der Waals surface area contributed by atoms with Gasteiger partial charge in [-0.25, -0.2) is 14.4 Å². The molecule has 0 aliphatic heterocycles. The highest BCUT2D eigenvalue weighted by molar-refractivity contribution is 5.83. The quantitative estimate of drug-likeness (QED) is 0.460. The van der Waals surface area contributed by atoms with Gasteiger partial charge in [-0.3, -0.25) is 0 Å². The smallest absolute Gasteiger partial charge is 0.334 e. The minimum atomic E-state index is -1.75. The number of hydrogen-bond acceptors (Lipinski definition) is 4.